The Morgan fingerprint density at radius 1 is 1.42 bits per heavy atom. The Morgan fingerprint density at radius 2 is 2.08 bits per heavy atom. The van der Waals surface area contributed by atoms with E-state index in [0.717, 1.165) is 6.26 Å². The van der Waals surface area contributed by atoms with E-state index < -0.39 is 10.0 Å². The van der Waals surface area contributed by atoms with Crippen LogP contribution in [-0.4, -0.2) is 34.3 Å². The molecule has 72 valence electrons. The van der Waals surface area contributed by atoms with Crippen molar-refractivity contribution in [3.8, 4) is 0 Å². The van der Waals surface area contributed by atoms with Gasteiger partial charge in [-0.3, -0.25) is 0 Å². The van der Waals surface area contributed by atoms with Crippen molar-refractivity contribution in [2.24, 2.45) is 0 Å². The first kappa shape index (κ1) is 11.9. The topological polar surface area (TPSA) is 58.2 Å². The zero-order valence-corrected chi connectivity index (χ0v) is 8.45. The molecule has 0 rings (SSSR count). The summed E-state index contributed by atoms with van der Waals surface area (Å²) in [5, 5.41) is 2.96. The molecule has 0 aromatic rings. The Hall–Kier alpha value is -0.100. The monoisotopic (exact) mass is 212 g/mol. The van der Waals surface area contributed by atoms with Gasteiger partial charge in [0, 0.05) is 25.2 Å². The number of rotatable bonds is 6. The molecule has 0 aliphatic carbocycles. The summed E-state index contributed by atoms with van der Waals surface area (Å²) >= 11 is 5.25. The van der Waals surface area contributed by atoms with Crippen LogP contribution in [-0.2, 0) is 10.0 Å². The van der Waals surface area contributed by atoms with Crippen LogP contribution in [0.25, 0.3) is 0 Å². The van der Waals surface area contributed by atoms with Crippen LogP contribution < -0.4 is 10.0 Å². The Kier molecular flexibility index (Phi) is 6.37. The van der Waals surface area contributed by atoms with Gasteiger partial charge < -0.3 is 5.32 Å². The average molecular weight is 213 g/mol. The van der Waals surface area contributed by atoms with Crippen molar-refractivity contribution in [2.45, 2.75) is 0 Å². The molecule has 0 aromatic heterocycles. The smallest absolute Gasteiger partial charge is 0.208 e. The summed E-state index contributed by atoms with van der Waals surface area (Å²) in [7, 11) is -3.05. The summed E-state index contributed by atoms with van der Waals surface area (Å²) in [5.74, 6) is 0. The summed E-state index contributed by atoms with van der Waals surface area (Å²) in [6.45, 7) is 1.64. The fraction of sp³-hybridized carbons (Fsp3) is 0.667. The van der Waals surface area contributed by atoms with E-state index >= 15 is 0 Å². The van der Waals surface area contributed by atoms with E-state index in [4.69, 9.17) is 11.6 Å². The third-order valence-corrected chi connectivity index (χ3v) is 1.92. The van der Waals surface area contributed by atoms with Gasteiger partial charge in [0.05, 0.1) is 6.26 Å². The van der Waals surface area contributed by atoms with E-state index in [9.17, 15) is 8.42 Å². The van der Waals surface area contributed by atoms with Crippen LogP contribution >= 0.6 is 11.6 Å². The van der Waals surface area contributed by atoms with Gasteiger partial charge in [-0.25, -0.2) is 13.1 Å². The SMILES string of the molecule is CS(=O)(=O)NCCNC/C=C/Cl. The van der Waals surface area contributed by atoms with Gasteiger partial charge in [0.2, 0.25) is 10.0 Å². The Bertz CT molecular complexity index is 226. The number of sulfonamides is 1. The highest BCUT2D eigenvalue weighted by atomic mass is 35.5. The first-order valence-electron chi connectivity index (χ1n) is 3.47. The first-order chi connectivity index (χ1) is 5.56. The third-order valence-electron chi connectivity index (χ3n) is 1.02. The average Bonchev–Trinajstić information content (AvgIpc) is 1.94. The first-order valence-corrected chi connectivity index (χ1v) is 5.79. The van der Waals surface area contributed by atoms with Crippen LogP contribution in [0.1, 0.15) is 0 Å². The maximum absolute atomic E-state index is 10.5. The Labute approximate surface area is 78.0 Å². The van der Waals surface area contributed by atoms with Gasteiger partial charge in [0.1, 0.15) is 0 Å². The standard InChI is InChI=1S/C6H13ClN2O2S/c1-12(10,11)9-6-5-8-4-2-3-7/h2-3,8-9H,4-6H2,1H3/b3-2+. The van der Waals surface area contributed by atoms with Crippen molar-refractivity contribution in [1.82, 2.24) is 10.0 Å². The maximum Gasteiger partial charge on any atom is 0.208 e. The zero-order valence-electron chi connectivity index (χ0n) is 6.88. The molecule has 0 amide bonds. The van der Waals surface area contributed by atoms with Crippen LogP contribution in [0.2, 0.25) is 0 Å². The number of halogens is 1. The van der Waals surface area contributed by atoms with Crippen molar-refractivity contribution < 1.29 is 8.42 Å². The highest BCUT2D eigenvalue weighted by molar-refractivity contribution is 7.88. The molecule has 0 aliphatic rings. The van der Waals surface area contributed by atoms with Gasteiger partial charge in [-0.1, -0.05) is 17.7 Å². The van der Waals surface area contributed by atoms with Crippen LogP contribution in [0.4, 0.5) is 0 Å². The number of nitrogens with one attached hydrogen (secondary N) is 2. The normalized spacial score (nSPS) is 12.5. The zero-order chi connectivity index (χ0) is 9.45. The summed E-state index contributed by atoms with van der Waals surface area (Å²) in [5.41, 5.74) is 1.41. The lowest BCUT2D eigenvalue weighted by Gasteiger charge is -2.01. The molecule has 2 N–H and O–H groups in total. The molecule has 0 aliphatic heterocycles. The van der Waals surface area contributed by atoms with Crippen molar-refractivity contribution in [3.63, 3.8) is 0 Å². The van der Waals surface area contributed by atoms with Gasteiger partial charge in [-0.05, 0) is 0 Å². The minimum Gasteiger partial charge on any atom is -0.312 e. The molecule has 0 aromatic carbocycles. The molecule has 0 spiro atoms. The summed E-state index contributed by atoms with van der Waals surface area (Å²) in [4.78, 5) is 0. The molecule has 0 unspecified atom stereocenters. The summed E-state index contributed by atoms with van der Waals surface area (Å²) < 4.78 is 23.4. The largest absolute Gasteiger partial charge is 0.312 e. The van der Waals surface area contributed by atoms with Crippen LogP contribution in [0, 0.1) is 0 Å². The predicted molar refractivity (Wildman–Crippen MR) is 50.7 cm³/mol. The van der Waals surface area contributed by atoms with Crippen molar-refractivity contribution in [3.05, 3.63) is 11.6 Å². The second-order valence-electron chi connectivity index (χ2n) is 2.23. The molecule has 0 saturated carbocycles. The van der Waals surface area contributed by atoms with E-state index in [1.54, 1.807) is 6.08 Å². The molecular formula is C6H13ClN2O2S. The Balaban J connectivity index is 3.23. The van der Waals surface area contributed by atoms with E-state index in [-0.39, 0.29) is 0 Å². The Morgan fingerprint density at radius 3 is 2.58 bits per heavy atom. The van der Waals surface area contributed by atoms with Crippen molar-refractivity contribution in [2.75, 3.05) is 25.9 Å². The molecule has 0 radical (unpaired) electrons. The minimum atomic E-state index is -3.05. The molecule has 6 heteroatoms. The van der Waals surface area contributed by atoms with Crippen LogP contribution in [0.3, 0.4) is 0 Å². The molecule has 0 fully saturated rings. The molecule has 0 saturated heterocycles. The van der Waals surface area contributed by atoms with Gasteiger partial charge in [-0.2, -0.15) is 0 Å². The quantitative estimate of drug-likeness (QED) is 0.604. The fourth-order valence-electron chi connectivity index (χ4n) is 0.555. The van der Waals surface area contributed by atoms with Gasteiger partial charge in [-0.15, -0.1) is 0 Å². The predicted octanol–water partition coefficient (Wildman–Crippen LogP) is -0.122. The summed E-state index contributed by atoms with van der Waals surface area (Å²) in [6.07, 6.45) is 2.87. The van der Waals surface area contributed by atoms with Crippen molar-refractivity contribution in [1.29, 1.82) is 0 Å². The molecule has 12 heavy (non-hydrogen) atoms. The number of hydrogen-bond donors (Lipinski definition) is 2. The molecule has 0 bridgehead atoms. The summed E-state index contributed by atoms with van der Waals surface area (Å²) in [6, 6.07) is 0. The third kappa shape index (κ3) is 9.90. The lowest BCUT2D eigenvalue weighted by atomic mass is 10.6. The highest BCUT2D eigenvalue weighted by Crippen LogP contribution is 1.75. The van der Waals surface area contributed by atoms with E-state index in [2.05, 4.69) is 10.0 Å². The fourth-order valence-corrected chi connectivity index (χ4v) is 1.12. The van der Waals surface area contributed by atoms with Gasteiger partial charge >= 0.3 is 0 Å². The lowest BCUT2D eigenvalue weighted by Crippen LogP contribution is -2.31. The molecule has 0 heterocycles. The van der Waals surface area contributed by atoms with Crippen molar-refractivity contribution >= 4 is 21.6 Å². The van der Waals surface area contributed by atoms with Gasteiger partial charge in [0.15, 0.2) is 0 Å². The van der Waals surface area contributed by atoms with E-state index in [1.807, 2.05) is 0 Å². The van der Waals surface area contributed by atoms with Crippen LogP contribution in [0.5, 0.6) is 0 Å². The van der Waals surface area contributed by atoms with Gasteiger partial charge in [0.25, 0.3) is 0 Å². The van der Waals surface area contributed by atoms with E-state index in [1.165, 1.54) is 5.54 Å². The van der Waals surface area contributed by atoms with Crippen LogP contribution in [0.15, 0.2) is 11.6 Å². The molecular weight excluding hydrogens is 200 g/mol. The molecule has 4 nitrogen and oxygen atoms in total. The maximum atomic E-state index is 10.5. The number of hydrogen-bond acceptors (Lipinski definition) is 3. The molecule has 0 atom stereocenters. The van der Waals surface area contributed by atoms with E-state index in [0.29, 0.717) is 19.6 Å². The second kappa shape index (κ2) is 6.42. The highest BCUT2D eigenvalue weighted by Gasteiger charge is 1.96. The second-order valence-corrected chi connectivity index (χ2v) is 4.32. The minimum absolute atomic E-state index is 0.398. The lowest BCUT2D eigenvalue weighted by molar-refractivity contribution is 0.584.